The molecule has 4 nitrogen and oxygen atoms in total. The fourth-order valence-electron chi connectivity index (χ4n) is 8.06. The Balaban J connectivity index is 1.73. The summed E-state index contributed by atoms with van der Waals surface area (Å²) in [5.74, 6) is 0.348. The van der Waals surface area contributed by atoms with E-state index in [1.54, 1.807) is 0 Å². The van der Waals surface area contributed by atoms with Crippen molar-refractivity contribution in [2.24, 2.45) is 34.0 Å². The van der Waals surface area contributed by atoms with E-state index in [2.05, 4.69) is 6.92 Å². The van der Waals surface area contributed by atoms with E-state index in [0.717, 1.165) is 57.8 Å². The number of carboxylic acids is 1. The second-order valence-corrected chi connectivity index (χ2v) is 10.0. The first-order valence-electron chi connectivity index (χ1n) is 9.77. The van der Waals surface area contributed by atoms with Gasteiger partial charge in [-0.25, -0.2) is 0 Å². The highest BCUT2D eigenvalue weighted by molar-refractivity contribution is 5.75. The molecule has 7 atom stereocenters. The number of carbonyl (C=O) groups is 1. The molecule has 4 saturated carbocycles. The van der Waals surface area contributed by atoms with Crippen LogP contribution in [0.5, 0.6) is 0 Å². The van der Waals surface area contributed by atoms with E-state index >= 15 is 0 Å². The number of aliphatic hydroxyl groups is 2. The SMILES string of the molecule is CC12CCC[C@@](C)(C(=O)O)[C@H]1CC[C@@]13C[C@@H](CC[C@@H]21)[C@@](O)(CO)C3. The Bertz CT molecular complexity index is 562. The van der Waals surface area contributed by atoms with Crippen LogP contribution in [-0.4, -0.2) is 33.5 Å². The van der Waals surface area contributed by atoms with Gasteiger partial charge in [0.15, 0.2) is 0 Å². The molecule has 4 aliphatic carbocycles. The summed E-state index contributed by atoms with van der Waals surface area (Å²) in [6.45, 7) is 4.19. The summed E-state index contributed by atoms with van der Waals surface area (Å²) in [4.78, 5) is 12.1. The molecule has 1 unspecified atom stereocenters. The van der Waals surface area contributed by atoms with Crippen molar-refractivity contribution in [3.05, 3.63) is 0 Å². The maximum atomic E-state index is 12.1. The topological polar surface area (TPSA) is 77.8 Å². The molecule has 136 valence electrons. The zero-order valence-electron chi connectivity index (χ0n) is 15.1. The van der Waals surface area contributed by atoms with Crippen LogP contribution in [0.3, 0.4) is 0 Å². The number of hydrogen-bond acceptors (Lipinski definition) is 3. The molecular weight excluding hydrogens is 304 g/mol. The van der Waals surface area contributed by atoms with Crippen molar-refractivity contribution in [1.29, 1.82) is 0 Å². The number of fused-ring (bicyclic) bond motifs is 3. The molecule has 0 aromatic carbocycles. The van der Waals surface area contributed by atoms with Gasteiger partial charge in [0.2, 0.25) is 0 Å². The Hall–Kier alpha value is -0.610. The van der Waals surface area contributed by atoms with Gasteiger partial charge in [0.25, 0.3) is 0 Å². The van der Waals surface area contributed by atoms with Crippen molar-refractivity contribution < 1.29 is 20.1 Å². The lowest BCUT2D eigenvalue weighted by molar-refractivity contribution is -0.181. The van der Waals surface area contributed by atoms with E-state index < -0.39 is 17.0 Å². The largest absolute Gasteiger partial charge is 0.481 e. The number of aliphatic hydroxyl groups excluding tert-OH is 1. The molecule has 4 heteroatoms. The summed E-state index contributed by atoms with van der Waals surface area (Å²) in [6.07, 6.45) is 8.73. The number of aliphatic carboxylic acids is 1. The quantitative estimate of drug-likeness (QED) is 0.723. The van der Waals surface area contributed by atoms with Crippen LogP contribution < -0.4 is 0 Å². The predicted octanol–water partition coefficient (Wildman–Crippen LogP) is 3.21. The van der Waals surface area contributed by atoms with Crippen LogP contribution in [0.15, 0.2) is 0 Å². The first kappa shape index (κ1) is 16.8. The molecule has 3 N–H and O–H groups in total. The monoisotopic (exact) mass is 336 g/mol. The minimum absolute atomic E-state index is 0.0648. The zero-order chi connectivity index (χ0) is 17.4. The molecule has 0 radical (unpaired) electrons. The van der Waals surface area contributed by atoms with Crippen LogP contribution in [0.4, 0.5) is 0 Å². The second-order valence-electron chi connectivity index (χ2n) is 10.0. The van der Waals surface area contributed by atoms with Gasteiger partial charge in [0.05, 0.1) is 17.6 Å². The fourth-order valence-corrected chi connectivity index (χ4v) is 8.06. The first-order chi connectivity index (χ1) is 11.2. The summed E-state index contributed by atoms with van der Waals surface area (Å²) in [5.41, 5.74) is -1.31. The molecule has 0 aromatic heterocycles. The van der Waals surface area contributed by atoms with Gasteiger partial charge in [-0.1, -0.05) is 13.3 Å². The van der Waals surface area contributed by atoms with E-state index in [0.29, 0.717) is 5.92 Å². The highest BCUT2D eigenvalue weighted by atomic mass is 16.4. The molecule has 4 rings (SSSR count). The highest BCUT2D eigenvalue weighted by Crippen LogP contribution is 2.72. The molecule has 0 aliphatic heterocycles. The van der Waals surface area contributed by atoms with Crippen molar-refractivity contribution in [3.63, 3.8) is 0 Å². The Morgan fingerprint density at radius 1 is 1.08 bits per heavy atom. The maximum absolute atomic E-state index is 12.1. The normalized spacial score (nSPS) is 56.4. The molecule has 0 aromatic rings. The van der Waals surface area contributed by atoms with Gasteiger partial charge >= 0.3 is 5.97 Å². The zero-order valence-corrected chi connectivity index (χ0v) is 15.1. The molecule has 2 bridgehead atoms. The Morgan fingerprint density at radius 3 is 2.50 bits per heavy atom. The van der Waals surface area contributed by atoms with E-state index in [9.17, 15) is 20.1 Å². The van der Waals surface area contributed by atoms with Crippen LogP contribution >= 0.6 is 0 Å². The molecule has 1 spiro atoms. The minimum atomic E-state index is -0.900. The van der Waals surface area contributed by atoms with Crippen LogP contribution in [0, 0.1) is 34.0 Å². The average molecular weight is 336 g/mol. The summed E-state index contributed by atoms with van der Waals surface area (Å²) >= 11 is 0. The molecule has 4 aliphatic rings. The number of carboxylic acid groups (broad SMARTS) is 1. The lowest BCUT2D eigenvalue weighted by atomic mass is 9.41. The third-order valence-corrected chi connectivity index (χ3v) is 9.08. The van der Waals surface area contributed by atoms with Gasteiger partial charge in [-0.15, -0.1) is 0 Å². The average Bonchev–Trinajstić information content (AvgIpc) is 2.73. The third kappa shape index (κ3) is 1.90. The number of rotatable bonds is 2. The summed E-state index contributed by atoms with van der Waals surface area (Å²) in [5, 5.41) is 30.6. The Morgan fingerprint density at radius 2 is 1.83 bits per heavy atom. The van der Waals surface area contributed by atoms with E-state index in [1.807, 2.05) is 6.92 Å². The van der Waals surface area contributed by atoms with Crippen molar-refractivity contribution >= 4 is 5.97 Å². The van der Waals surface area contributed by atoms with Gasteiger partial charge in [-0.3, -0.25) is 4.79 Å². The molecular formula is C20H32O4. The highest BCUT2D eigenvalue weighted by Gasteiger charge is 2.68. The Kier molecular flexibility index (Phi) is 3.49. The van der Waals surface area contributed by atoms with Gasteiger partial charge in [-0.05, 0) is 86.9 Å². The van der Waals surface area contributed by atoms with Crippen LogP contribution in [0.25, 0.3) is 0 Å². The van der Waals surface area contributed by atoms with E-state index in [1.165, 1.54) is 0 Å². The van der Waals surface area contributed by atoms with Crippen LogP contribution in [0.2, 0.25) is 0 Å². The second kappa shape index (κ2) is 4.97. The summed E-state index contributed by atoms with van der Waals surface area (Å²) in [6, 6.07) is 0. The van der Waals surface area contributed by atoms with Gasteiger partial charge < -0.3 is 15.3 Å². The van der Waals surface area contributed by atoms with Crippen LogP contribution in [0.1, 0.15) is 71.6 Å². The molecule has 0 amide bonds. The van der Waals surface area contributed by atoms with Crippen molar-refractivity contribution in [2.75, 3.05) is 6.61 Å². The predicted molar refractivity (Wildman–Crippen MR) is 90.3 cm³/mol. The van der Waals surface area contributed by atoms with E-state index in [4.69, 9.17) is 0 Å². The lowest BCUT2D eigenvalue weighted by Gasteiger charge is -2.63. The summed E-state index contributed by atoms with van der Waals surface area (Å²) in [7, 11) is 0. The van der Waals surface area contributed by atoms with Gasteiger partial charge in [-0.2, -0.15) is 0 Å². The van der Waals surface area contributed by atoms with Crippen molar-refractivity contribution in [1.82, 2.24) is 0 Å². The third-order valence-electron chi connectivity index (χ3n) is 9.08. The molecule has 0 saturated heterocycles. The smallest absolute Gasteiger partial charge is 0.309 e. The molecule has 0 heterocycles. The van der Waals surface area contributed by atoms with Crippen molar-refractivity contribution in [3.8, 4) is 0 Å². The van der Waals surface area contributed by atoms with Gasteiger partial charge in [0, 0.05) is 0 Å². The maximum Gasteiger partial charge on any atom is 0.309 e. The van der Waals surface area contributed by atoms with Crippen molar-refractivity contribution in [2.45, 2.75) is 77.2 Å². The van der Waals surface area contributed by atoms with E-state index in [-0.39, 0.29) is 29.3 Å². The standard InChI is InChI=1S/C20H32O4/c1-17-7-3-8-18(2,16(22)23)14(17)6-9-19-10-13(4-5-15(17)19)20(24,11-19)12-21/h13-15,21,24H,3-12H2,1-2H3,(H,22,23)/t13-,14+,15+,17?,18-,19+,20+/m1/s1. The first-order valence-corrected chi connectivity index (χ1v) is 9.77. The fraction of sp³-hybridized carbons (Fsp3) is 0.950. The van der Waals surface area contributed by atoms with Gasteiger partial charge in [0.1, 0.15) is 0 Å². The number of hydrogen-bond donors (Lipinski definition) is 3. The Labute approximate surface area is 144 Å². The minimum Gasteiger partial charge on any atom is -0.481 e. The lowest BCUT2D eigenvalue weighted by Crippen LogP contribution is -2.58. The summed E-state index contributed by atoms with van der Waals surface area (Å²) < 4.78 is 0. The van der Waals surface area contributed by atoms with Crippen LogP contribution in [-0.2, 0) is 4.79 Å². The molecule has 24 heavy (non-hydrogen) atoms. The molecule has 4 fully saturated rings.